The highest BCUT2D eigenvalue weighted by Crippen LogP contribution is 2.36. The van der Waals surface area contributed by atoms with Gasteiger partial charge in [-0.05, 0) is 68.3 Å². The Balaban J connectivity index is 1.54. The molecule has 0 saturated carbocycles. The third-order valence-electron chi connectivity index (χ3n) is 7.44. The van der Waals surface area contributed by atoms with Crippen molar-refractivity contribution in [3.05, 3.63) is 131 Å². The molecular formula is C33H32N4O6S. The molecule has 0 aliphatic carbocycles. The Bertz CT molecular complexity index is 1920. The van der Waals surface area contributed by atoms with Crippen molar-refractivity contribution in [2.45, 2.75) is 33.4 Å². The highest BCUT2D eigenvalue weighted by Gasteiger charge is 2.35. The monoisotopic (exact) mass is 612 g/mol. The van der Waals surface area contributed by atoms with Gasteiger partial charge in [0.25, 0.3) is 17.2 Å². The van der Waals surface area contributed by atoms with Crippen molar-refractivity contribution in [2.24, 2.45) is 4.99 Å². The van der Waals surface area contributed by atoms with Crippen LogP contribution in [0.3, 0.4) is 0 Å². The molecule has 0 fully saturated rings. The zero-order valence-electron chi connectivity index (χ0n) is 24.9. The Morgan fingerprint density at radius 3 is 2.50 bits per heavy atom. The van der Waals surface area contributed by atoms with Crippen molar-refractivity contribution < 1.29 is 19.2 Å². The number of hydrogen-bond donors (Lipinski definition) is 0. The maximum absolute atomic E-state index is 14.1. The van der Waals surface area contributed by atoms with E-state index in [4.69, 9.17) is 14.5 Å². The summed E-state index contributed by atoms with van der Waals surface area (Å²) in [5.41, 5.74) is 3.00. The van der Waals surface area contributed by atoms with E-state index in [2.05, 4.69) is 0 Å². The van der Waals surface area contributed by atoms with Crippen LogP contribution in [0.1, 0.15) is 43.5 Å². The van der Waals surface area contributed by atoms with Gasteiger partial charge in [-0.1, -0.05) is 41.7 Å². The number of likely N-dealkylation sites (N-methyl/N-ethyl adjacent to an activating group) is 1. The SMILES string of the molecule is CCN(CC)C(=O)C1=C(C)N=c2s/c(=C/c3cccc(OCc4ccc([N+](=O)[O-])cc4)c3)c(=O)n2[C@@H]1c1ccccc1OC. The molecule has 44 heavy (non-hydrogen) atoms. The summed E-state index contributed by atoms with van der Waals surface area (Å²) in [6.45, 7) is 6.94. The molecule has 1 aliphatic heterocycles. The van der Waals surface area contributed by atoms with Crippen LogP contribution in [0.5, 0.6) is 11.5 Å². The lowest BCUT2D eigenvalue weighted by Gasteiger charge is -2.29. The fourth-order valence-corrected chi connectivity index (χ4v) is 6.24. The molecule has 2 heterocycles. The molecule has 11 heteroatoms. The van der Waals surface area contributed by atoms with E-state index in [0.717, 1.165) is 11.1 Å². The van der Waals surface area contributed by atoms with Crippen molar-refractivity contribution in [1.29, 1.82) is 0 Å². The van der Waals surface area contributed by atoms with Crippen LogP contribution in [-0.2, 0) is 11.4 Å². The average Bonchev–Trinajstić information content (AvgIpc) is 3.33. The van der Waals surface area contributed by atoms with Gasteiger partial charge in [-0.15, -0.1) is 0 Å². The highest BCUT2D eigenvalue weighted by molar-refractivity contribution is 7.07. The fraction of sp³-hybridized carbons (Fsp3) is 0.242. The van der Waals surface area contributed by atoms with Crippen LogP contribution in [0.4, 0.5) is 5.69 Å². The standard InChI is InChI=1S/C33H32N4O6S/c1-5-35(6-2)32(39)29-21(3)34-33-36(30(29)26-12-7-8-13-27(26)42-4)31(38)28(44-33)19-23-10-9-11-25(18-23)43-20-22-14-16-24(17-15-22)37(40)41/h7-19,30H,5-6,20H2,1-4H3/b28-19+/t30-/m1/s1. The van der Waals surface area contributed by atoms with Crippen molar-refractivity contribution in [3.63, 3.8) is 0 Å². The topological polar surface area (TPSA) is 116 Å². The number of non-ortho nitro benzene ring substituents is 1. The number of nitro benzene ring substituents is 1. The van der Waals surface area contributed by atoms with Gasteiger partial charge >= 0.3 is 0 Å². The van der Waals surface area contributed by atoms with E-state index in [9.17, 15) is 19.7 Å². The summed E-state index contributed by atoms with van der Waals surface area (Å²) >= 11 is 1.26. The average molecular weight is 613 g/mol. The summed E-state index contributed by atoms with van der Waals surface area (Å²) in [6, 6.07) is 20.2. The summed E-state index contributed by atoms with van der Waals surface area (Å²) < 4.78 is 13.7. The highest BCUT2D eigenvalue weighted by atomic mass is 32.1. The molecular weight excluding hydrogens is 580 g/mol. The van der Waals surface area contributed by atoms with Crippen molar-refractivity contribution in [2.75, 3.05) is 20.2 Å². The van der Waals surface area contributed by atoms with Gasteiger partial charge in [0.1, 0.15) is 24.1 Å². The first-order chi connectivity index (χ1) is 21.2. The third kappa shape index (κ3) is 6.04. The molecule has 1 aromatic heterocycles. The summed E-state index contributed by atoms with van der Waals surface area (Å²) in [5, 5.41) is 10.9. The number of carbonyl (C=O) groups excluding carboxylic acids is 1. The van der Waals surface area contributed by atoms with Gasteiger partial charge in [0, 0.05) is 30.8 Å². The second-order valence-corrected chi connectivity index (χ2v) is 11.1. The van der Waals surface area contributed by atoms with Crippen molar-refractivity contribution in [1.82, 2.24) is 9.47 Å². The molecule has 4 aromatic rings. The van der Waals surface area contributed by atoms with E-state index in [1.165, 1.54) is 23.5 Å². The maximum atomic E-state index is 14.1. The molecule has 3 aromatic carbocycles. The predicted octanol–water partition coefficient (Wildman–Crippen LogP) is 4.60. The number of fused-ring (bicyclic) bond motifs is 1. The normalized spacial score (nSPS) is 14.5. The number of methoxy groups -OCH3 is 1. The molecule has 0 N–H and O–H groups in total. The fourth-order valence-electron chi connectivity index (χ4n) is 5.19. The Morgan fingerprint density at radius 1 is 1.09 bits per heavy atom. The first-order valence-electron chi connectivity index (χ1n) is 14.2. The number of hydrogen-bond acceptors (Lipinski definition) is 8. The van der Waals surface area contributed by atoms with Gasteiger partial charge in [0.05, 0.1) is 27.8 Å². The number of thiazole rings is 1. The summed E-state index contributed by atoms with van der Waals surface area (Å²) in [7, 11) is 1.57. The molecule has 5 rings (SSSR count). The van der Waals surface area contributed by atoms with Gasteiger partial charge in [-0.3, -0.25) is 24.3 Å². The number of aromatic nitrogens is 1. The molecule has 1 atom stereocenters. The minimum Gasteiger partial charge on any atom is -0.496 e. The minimum absolute atomic E-state index is 0.0184. The Kier molecular flexibility index (Phi) is 9.05. The van der Waals surface area contributed by atoms with Crippen LogP contribution in [0.25, 0.3) is 6.08 Å². The molecule has 1 amide bonds. The van der Waals surface area contributed by atoms with Crippen LogP contribution in [0.2, 0.25) is 0 Å². The van der Waals surface area contributed by atoms with Gasteiger partial charge in [-0.2, -0.15) is 0 Å². The van der Waals surface area contributed by atoms with Crippen LogP contribution >= 0.6 is 11.3 Å². The number of rotatable bonds is 10. The van der Waals surface area contributed by atoms with E-state index < -0.39 is 11.0 Å². The number of nitrogens with zero attached hydrogens (tertiary/aromatic N) is 4. The first kappa shape index (κ1) is 30.4. The lowest BCUT2D eigenvalue weighted by Crippen LogP contribution is -2.43. The van der Waals surface area contributed by atoms with Crippen LogP contribution in [0, 0.1) is 10.1 Å². The molecule has 0 spiro atoms. The molecule has 0 unspecified atom stereocenters. The molecule has 0 bridgehead atoms. The second kappa shape index (κ2) is 13.1. The quantitative estimate of drug-likeness (QED) is 0.191. The number of amides is 1. The van der Waals surface area contributed by atoms with E-state index in [0.29, 0.717) is 50.8 Å². The van der Waals surface area contributed by atoms with Crippen LogP contribution < -0.4 is 24.4 Å². The van der Waals surface area contributed by atoms with E-state index in [-0.39, 0.29) is 23.8 Å². The molecule has 226 valence electrons. The molecule has 0 saturated heterocycles. The second-order valence-electron chi connectivity index (χ2n) is 10.1. The van der Waals surface area contributed by atoms with Gasteiger partial charge in [0.2, 0.25) is 0 Å². The number of carbonyl (C=O) groups is 1. The smallest absolute Gasteiger partial charge is 0.271 e. The summed E-state index contributed by atoms with van der Waals surface area (Å²) in [5.74, 6) is 0.989. The van der Waals surface area contributed by atoms with Crippen molar-refractivity contribution in [3.8, 4) is 11.5 Å². The van der Waals surface area contributed by atoms with Gasteiger partial charge < -0.3 is 14.4 Å². The summed E-state index contributed by atoms with van der Waals surface area (Å²) in [6.07, 6.45) is 1.78. The lowest BCUT2D eigenvalue weighted by molar-refractivity contribution is -0.384. The predicted molar refractivity (Wildman–Crippen MR) is 169 cm³/mol. The zero-order chi connectivity index (χ0) is 31.4. The van der Waals surface area contributed by atoms with Gasteiger partial charge in [-0.25, -0.2) is 4.99 Å². The largest absolute Gasteiger partial charge is 0.496 e. The Morgan fingerprint density at radius 2 is 1.82 bits per heavy atom. The minimum atomic E-state index is -0.714. The molecule has 10 nitrogen and oxygen atoms in total. The Hall–Kier alpha value is -5.03. The number of nitro groups is 1. The van der Waals surface area contributed by atoms with E-state index in [1.54, 1.807) is 40.9 Å². The lowest BCUT2D eigenvalue weighted by atomic mass is 9.94. The first-order valence-corrected chi connectivity index (χ1v) is 15.0. The zero-order valence-corrected chi connectivity index (χ0v) is 25.7. The third-order valence-corrected chi connectivity index (χ3v) is 8.43. The van der Waals surface area contributed by atoms with E-state index >= 15 is 0 Å². The summed E-state index contributed by atoms with van der Waals surface area (Å²) in [4.78, 5) is 45.3. The molecule has 1 aliphatic rings. The Labute approximate surface area is 258 Å². The van der Waals surface area contributed by atoms with Gasteiger partial charge in [0.15, 0.2) is 4.80 Å². The number of para-hydroxylation sites is 1. The number of benzene rings is 3. The van der Waals surface area contributed by atoms with Crippen LogP contribution in [0.15, 0.2) is 93.9 Å². The molecule has 0 radical (unpaired) electrons. The van der Waals surface area contributed by atoms with E-state index in [1.807, 2.05) is 63.2 Å². The van der Waals surface area contributed by atoms with Crippen LogP contribution in [-0.4, -0.2) is 40.5 Å². The number of ether oxygens (including phenoxy) is 2. The number of allylic oxidation sites excluding steroid dienone is 1. The maximum Gasteiger partial charge on any atom is 0.271 e. The van der Waals surface area contributed by atoms with Crippen molar-refractivity contribution >= 4 is 29.0 Å².